The highest BCUT2D eigenvalue weighted by atomic mass is 16.7. The molecular weight excluding hydrogens is 522 g/mol. The van der Waals surface area contributed by atoms with Crippen LogP contribution in [0.2, 0.25) is 0 Å². The molecule has 0 saturated heterocycles. The average Bonchev–Trinajstić information content (AvgIpc) is 3.49. The number of aliphatic carboxylic acids is 1. The Bertz CT molecular complexity index is 1500. The van der Waals surface area contributed by atoms with Crippen LogP contribution < -0.4 is 10.6 Å². The van der Waals surface area contributed by atoms with Crippen LogP contribution in [-0.2, 0) is 19.0 Å². The van der Waals surface area contributed by atoms with Crippen molar-refractivity contribution in [1.29, 1.82) is 0 Å². The third-order valence-electron chi connectivity index (χ3n) is 7.64. The quantitative estimate of drug-likeness (QED) is 0.343. The number of carboxylic acids is 1. The van der Waals surface area contributed by atoms with E-state index in [4.69, 9.17) is 14.2 Å². The monoisotopic (exact) mass is 553 g/mol. The zero-order valence-corrected chi connectivity index (χ0v) is 22.7. The second kappa shape index (κ2) is 10.6. The second-order valence-corrected chi connectivity index (χ2v) is 10.7. The lowest BCUT2D eigenvalue weighted by Gasteiger charge is -2.41. The Morgan fingerprint density at radius 3 is 2.39 bits per heavy atom. The number of benzene rings is 3. The Labute approximate surface area is 238 Å². The standard InChI is InChI=1S/C32H31N3O6/c1-32(2)34-27-14-8-3-9-20(27)15-16-35(32)28(29(36)37)17-21-18-40-31(41-21)33-30(38)39-19-26-24-12-6-4-10-22(24)23-11-5-7-13-25(23)26/h3-16,18,26,28,31,34H,17,19H2,1-2H3,(H,33,38)(H,36,37). The van der Waals surface area contributed by atoms with Crippen molar-refractivity contribution in [3.05, 3.63) is 108 Å². The molecule has 2 unspecified atom stereocenters. The van der Waals surface area contributed by atoms with E-state index in [1.54, 1.807) is 11.1 Å². The van der Waals surface area contributed by atoms with Gasteiger partial charge in [-0.25, -0.2) is 9.59 Å². The van der Waals surface area contributed by atoms with Crippen molar-refractivity contribution in [2.75, 3.05) is 11.9 Å². The molecule has 6 rings (SSSR count). The first-order chi connectivity index (χ1) is 19.8. The molecule has 3 aromatic rings. The van der Waals surface area contributed by atoms with Crippen LogP contribution >= 0.6 is 0 Å². The number of amides is 1. The average molecular weight is 554 g/mol. The number of ether oxygens (including phenoxy) is 3. The maximum Gasteiger partial charge on any atom is 0.412 e. The summed E-state index contributed by atoms with van der Waals surface area (Å²) in [6.07, 6.45) is 3.20. The maximum atomic E-state index is 12.7. The Morgan fingerprint density at radius 1 is 1.02 bits per heavy atom. The Hall–Kier alpha value is -4.92. The lowest BCUT2D eigenvalue weighted by Crippen LogP contribution is -2.54. The zero-order valence-electron chi connectivity index (χ0n) is 22.7. The summed E-state index contributed by atoms with van der Waals surface area (Å²) in [5, 5.41) is 16.1. The van der Waals surface area contributed by atoms with Gasteiger partial charge in [0.2, 0.25) is 0 Å². The van der Waals surface area contributed by atoms with Crippen molar-refractivity contribution in [2.45, 2.75) is 44.3 Å². The summed E-state index contributed by atoms with van der Waals surface area (Å²) in [6.45, 7) is 3.98. The fourth-order valence-corrected chi connectivity index (χ4v) is 5.71. The van der Waals surface area contributed by atoms with Crippen LogP contribution in [0.1, 0.15) is 42.9 Å². The van der Waals surface area contributed by atoms with Crippen molar-refractivity contribution >= 4 is 23.8 Å². The third kappa shape index (κ3) is 5.18. The summed E-state index contributed by atoms with van der Waals surface area (Å²) in [5.74, 6) is -0.798. The number of hydrogen-bond acceptors (Lipinski definition) is 7. The molecule has 0 saturated carbocycles. The Balaban J connectivity index is 1.06. The molecule has 9 heteroatoms. The van der Waals surface area contributed by atoms with Crippen LogP contribution in [0.4, 0.5) is 10.5 Å². The second-order valence-electron chi connectivity index (χ2n) is 10.7. The van der Waals surface area contributed by atoms with Crippen LogP contribution in [0.15, 0.2) is 91.0 Å². The molecule has 0 fully saturated rings. The van der Waals surface area contributed by atoms with Gasteiger partial charge in [0.15, 0.2) is 0 Å². The highest BCUT2D eigenvalue weighted by Gasteiger charge is 2.38. The van der Waals surface area contributed by atoms with Gasteiger partial charge in [0.25, 0.3) is 0 Å². The van der Waals surface area contributed by atoms with Crippen LogP contribution in [0.5, 0.6) is 0 Å². The molecule has 1 aliphatic carbocycles. The van der Waals surface area contributed by atoms with E-state index >= 15 is 0 Å². The first-order valence-electron chi connectivity index (χ1n) is 13.5. The van der Waals surface area contributed by atoms with Gasteiger partial charge >= 0.3 is 18.5 Å². The highest BCUT2D eigenvalue weighted by molar-refractivity contribution is 5.79. The van der Waals surface area contributed by atoms with Crippen molar-refractivity contribution in [3.63, 3.8) is 0 Å². The number of anilines is 1. The first kappa shape index (κ1) is 26.3. The van der Waals surface area contributed by atoms with Crippen molar-refractivity contribution in [1.82, 2.24) is 10.2 Å². The molecule has 0 radical (unpaired) electrons. The van der Waals surface area contributed by atoms with Crippen LogP contribution in [0.25, 0.3) is 17.2 Å². The van der Waals surface area contributed by atoms with Crippen molar-refractivity contribution < 1.29 is 28.9 Å². The summed E-state index contributed by atoms with van der Waals surface area (Å²) in [7, 11) is 0. The van der Waals surface area contributed by atoms with Gasteiger partial charge < -0.3 is 29.5 Å². The smallest absolute Gasteiger partial charge is 0.412 e. The molecular formula is C32H31N3O6. The maximum absolute atomic E-state index is 12.7. The third-order valence-corrected chi connectivity index (χ3v) is 7.64. The van der Waals surface area contributed by atoms with E-state index < -0.39 is 30.2 Å². The van der Waals surface area contributed by atoms with E-state index in [0.29, 0.717) is 5.76 Å². The molecule has 0 aromatic heterocycles. The number of alkyl carbamates (subject to hydrolysis) is 1. The number of rotatable bonds is 7. The lowest BCUT2D eigenvalue weighted by molar-refractivity contribution is -0.144. The van der Waals surface area contributed by atoms with E-state index in [2.05, 4.69) is 34.9 Å². The number of fused-ring (bicyclic) bond motifs is 4. The molecule has 3 aliphatic rings. The minimum Gasteiger partial charge on any atom is -0.480 e. The molecule has 2 aliphatic heterocycles. The van der Waals surface area contributed by atoms with Gasteiger partial charge in [-0.2, -0.15) is 0 Å². The van der Waals surface area contributed by atoms with Crippen molar-refractivity contribution in [2.24, 2.45) is 0 Å². The predicted molar refractivity (Wildman–Crippen MR) is 153 cm³/mol. The molecule has 9 nitrogen and oxygen atoms in total. The molecule has 3 N–H and O–H groups in total. The largest absolute Gasteiger partial charge is 0.480 e. The number of hydrogen-bond donors (Lipinski definition) is 3. The van der Waals surface area contributed by atoms with E-state index in [9.17, 15) is 14.7 Å². The summed E-state index contributed by atoms with van der Waals surface area (Å²) in [6, 6.07) is 23.0. The number of carbonyl (C=O) groups excluding carboxylic acids is 1. The fourth-order valence-electron chi connectivity index (χ4n) is 5.71. The molecule has 1 amide bonds. The number of nitrogens with zero attached hydrogens (tertiary/aromatic N) is 1. The van der Waals surface area contributed by atoms with E-state index in [-0.39, 0.29) is 18.9 Å². The van der Waals surface area contributed by atoms with Gasteiger partial charge in [0.05, 0.1) is 0 Å². The molecule has 210 valence electrons. The fraction of sp³-hybridized carbons (Fsp3) is 0.250. The van der Waals surface area contributed by atoms with Crippen LogP contribution in [0, 0.1) is 0 Å². The molecule has 3 aromatic carbocycles. The Morgan fingerprint density at radius 2 is 1.68 bits per heavy atom. The molecule has 2 heterocycles. The number of nitrogens with one attached hydrogen (secondary N) is 2. The number of para-hydroxylation sites is 1. The molecule has 2 atom stereocenters. The normalized spacial score (nSPS) is 18.8. The highest BCUT2D eigenvalue weighted by Crippen LogP contribution is 2.44. The number of carbonyl (C=O) groups is 2. The van der Waals surface area contributed by atoms with Gasteiger partial charge in [-0.3, -0.25) is 5.32 Å². The summed E-state index contributed by atoms with van der Waals surface area (Å²) in [4.78, 5) is 26.8. The predicted octanol–water partition coefficient (Wildman–Crippen LogP) is 5.67. The summed E-state index contributed by atoms with van der Waals surface area (Å²) in [5.41, 5.74) is 5.66. The molecule has 41 heavy (non-hydrogen) atoms. The Kier molecular flexibility index (Phi) is 6.78. The van der Waals surface area contributed by atoms with E-state index in [1.165, 1.54) is 6.26 Å². The minimum absolute atomic E-state index is 0.0179. The SMILES string of the molecule is CC1(C)Nc2ccccc2C=CN1C(CC1=COC(NC(=O)OCC2c3ccccc3-c3ccccc32)O1)C(=O)O. The van der Waals surface area contributed by atoms with Crippen molar-refractivity contribution in [3.8, 4) is 11.1 Å². The summed E-state index contributed by atoms with van der Waals surface area (Å²) >= 11 is 0. The summed E-state index contributed by atoms with van der Waals surface area (Å²) < 4.78 is 16.8. The van der Waals surface area contributed by atoms with E-state index in [0.717, 1.165) is 33.5 Å². The number of carboxylic acid groups (broad SMARTS) is 1. The van der Waals surface area contributed by atoms with Gasteiger partial charge in [-0.15, -0.1) is 0 Å². The van der Waals surface area contributed by atoms with Gasteiger partial charge in [0.1, 0.15) is 30.3 Å². The van der Waals surface area contributed by atoms with Gasteiger partial charge in [0, 0.05) is 24.2 Å². The van der Waals surface area contributed by atoms with Gasteiger partial charge in [-0.05, 0) is 53.8 Å². The minimum atomic E-state index is -1.12. The van der Waals surface area contributed by atoms with Crippen LogP contribution in [-0.4, -0.2) is 46.8 Å². The first-order valence-corrected chi connectivity index (χ1v) is 13.5. The molecule has 0 spiro atoms. The molecule has 0 bridgehead atoms. The lowest BCUT2D eigenvalue weighted by atomic mass is 9.98. The van der Waals surface area contributed by atoms with Gasteiger partial charge in [-0.1, -0.05) is 66.7 Å². The van der Waals surface area contributed by atoms with Crippen LogP contribution in [0.3, 0.4) is 0 Å². The van der Waals surface area contributed by atoms with E-state index in [1.807, 2.05) is 68.5 Å². The zero-order chi connectivity index (χ0) is 28.6. The topological polar surface area (TPSA) is 109 Å².